The van der Waals surface area contributed by atoms with Crippen molar-refractivity contribution in [3.05, 3.63) is 45.6 Å². The Morgan fingerprint density at radius 3 is 2.50 bits per heavy atom. The van der Waals surface area contributed by atoms with Crippen LogP contribution in [0.25, 0.3) is 0 Å². The van der Waals surface area contributed by atoms with Crippen molar-refractivity contribution in [1.82, 2.24) is 9.21 Å². The average molecular weight is 388 g/mol. The third kappa shape index (κ3) is 4.47. The predicted molar refractivity (Wildman–Crippen MR) is 97.1 cm³/mol. The van der Waals surface area contributed by atoms with Crippen molar-refractivity contribution in [2.75, 3.05) is 26.5 Å². The minimum atomic E-state index is -3.55. The maximum atomic E-state index is 12.2. The molecule has 1 heterocycles. The van der Waals surface area contributed by atoms with Gasteiger partial charge in [0.05, 0.1) is 15.8 Å². The molecule has 130 valence electrons. The molecular weight excluding hydrogens is 370 g/mol. The second-order valence-corrected chi connectivity index (χ2v) is 9.26. The Kier molecular flexibility index (Phi) is 5.87. The maximum Gasteiger partial charge on any atom is 0.321 e. The lowest BCUT2D eigenvalue weighted by Gasteiger charge is -2.18. The average Bonchev–Trinajstić information content (AvgIpc) is 2.92. The second-order valence-electron chi connectivity index (χ2n) is 5.31. The number of urea groups is 1. The zero-order valence-electron chi connectivity index (χ0n) is 13.5. The molecule has 0 radical (unpaired) electrons. The van der Waals surface area contributed by atoms with Crippen molar-refractivity contribution in [3.8, 4) is 0 Å². The Hall–Kier alpha value is -1.61. The molecule has 0 saturated heterocycles. The van der Waals surface area contributed by atoms with Crippen LogP contribution in [0.2, 0.25) is 4.34 Å². The largest absolute Gasteiger partial charge is 0.322 e. The highest BCUT2D eigenvalue weighted by atomic mass is 35.5. The van der Waals surface area contributed by atoms with Crippen molar-refractivity contribution >= 4 is 44.7 Å². The van der Waals surface area contributed by atoms with Crippen molar-refractivity contribution in [2.45, 2.75) is 11.4 Å². The van der Waals surface area contributed by atoms with E-state index in [-0.39, 0.29) is 10.9 Å². The maximum absolute atomic E-state index is 12.2. The van der Waals surface area contributed by atoms with Crippen LogP contribution in [0, 0.1) is 0 Å². The quantitative estimate of drug-likeness (QED) is 0.855. The Morgan fingerprint density at radius 2 is 1.92 bits per heavy atom. The summed E-state index contributed by atoms with van der Waals surface area (Å²) in [5.74, 6) is 0. The molecule has 0 atom stereocenters. The Balaban J connectivity index is 2.09. The first-order chi connectivity index (χ1) is 11.2. The third-order valence-corrected chi connectivity index (χ3v) is 6.26. The van der Waals surface area contributed by atoms with E-state index < -0.39 is 10.0 Å². The lowest BCUT2D eigenvalue weighted by atomic mass is 10.3. The third-order valence-electron chi connectivity index (χ3n) is 3.23. The number of hydrogen-bond acceptors (Lipinski definition) is 4. The van der Waals surface area contributed by atoms with Crippen LogP contribution in [0.4, 0.5) is 10.5 Å². The number of carbonyl (C=O) groups excluding carboxylic acids is 1. The number of thiophene rings is 1. The molecule has 6 nitrogen and oxygen atoms in total. The molecule has 0 spiro atoms. The topological polar surface area (TPSA) is 69.7 Å². The summed E-state index contributed by atoms with van der Waals surface area (Å²) in [7, 11) is 1.03. The molecule has 2 rings (SSSR count). The first-order valence-electron chi connectivity index (χ1n) is 6.99. The van der Waals surface area contributed by atoms with Crippen LogP contribution in [-0.4, -0.2) is 44.8 Å². The van der Waals surface area contributed by atoms with Gasteiger partial charge in [-0.15, -0.1) is 11.3 Å². The number of anilines is 1. The molecule has 9 heteroatoms. The molecule has 0 unspecified atom stereocenters. The molecule has 1 aromatic heterocycles. The van der Waals surface area contributed by atoms with Gasteiger partial charge in [0, 0.05) is 31.7 Å². The number of amides is 2. The van der Waals surface area contributed by atoms with Crippen molar-refractivity contribution in [1.29, 1.82) is 0 Å². The van der Waals surface area contributed by atoms with Gasteiger partial charge in [0.2, 0.25) is 10.0 Å². The summed E-state index contributed by atoms with van der Waals surface area (Å²) in [6, 6.07) is 9.46. The molecule has 1 aromatic carbocycles. The zero-order chi connectivity index (χ0) is 17.9. The second kappa shape index (κ2) is 7.52. The molecule has 0 aliphatic heterocycles. The number of nitrogens with one attached hydrogen (secondary N) is 1. The predicted octanol–water partition coefficient (Wildman–Crippen LogP) is 3.32. The van der Waals surface area contributed by atoms with Gasteiger partial charge in [-0.3, -0.25) is 0 Å². The smallest absolute Gasteiger partial charge is 0.321 e. The van der Waals surface area contributed by atoms with Crippen LogP contribution >= 0.6 is 22.9 Å². The highest BCUT2D eigenvalue weighted by Crippen LogP contribution is 2.23. The van der Waals surface area contributed by atoms with Crippen LogP contribution in [-0.2, 0) is 16.6 Å². The lowest BCUT2D eigenvalue weighted by molar-refractivity contribution is 0.221. The van der Waals surface area contributed by atoms with Gasteiger partial charge in [0.15, 0.2) is 0 Å². The Bertz CT molecular complexity index is 834. The highest BCUT2D eigenvalue weighted by molar-refractivity contribution is 7.89. The SMILES string of the molecule is CN(Cc1ccc(Cl)s1)C(=O)Nc1cccc(S(=O)(=O)N(C)C)c1. The normalized spacial score (nSPS) is 11.5. The van der Waals surface area contributed by atoms with Crippen LogP contribution < -0.4 is 5.32 Å². The van der Waals surface area contributed by atoms with Gasteiger partial charge in [-0.05, 0) is 30.3 Å². The zero-order valence-corrected chi connectivity index (χ0v) is 15.9. The Labute approximate surface area is 150 Å². The van der Waals surface area contributed by atoms with E-state index >= 15 is 0 Å². The summed E-state index contributed by atoms with van der Waals surface area (Å²) in [5.41, 5.74) is 0.416. The summed E-state index contributed by atoms with van der Waals surface area (Å²) in [6.45, 7) is 0.416. The van der Waals surface area contributed by atoms with E-state index in [1.54, 1.807) is 25.2 Å². The van der Waals surface area contributed by atoms with Crippen molar-refractivity contribution < 1.29 is 13.2 Å². The molecule has 0 aliphatic carbocycles. The van der Waals surface area contributed by atoms with Crippen molar-refractivity contribution in [2.24, 2.45) is 0 Å². The molecule has 0 bridgehead atoms. The molecule has 1 N–H and O–H groups in total. The van der Waals surface area contributed by atoms with E-state index in [0.29, 0.717) is 16.6 Å². The van der Waals surface area contributed by atoms with Gasteiger partial charge in [-0.25, -0.2) is 17.5 Å². The van der Waals surface area contributed by atoms with Gasteiger partial charge >= 0.3 is 6.03 Å². The molecule has 2 aromatic rings. The van der Waals surface area contributed by atoms with Gasteiger partial charge in [0.1, 0.15) is 0 Å². The van der Waals surface area contributed by atoms with Crippen LogP contribution in [0.15, 0.2) is 41.3 Å². The Morgan fingerprint density at radius 1 is 1.21 bits per heavy atom. The molecule has 0 fully saturated rings. The summed E-state index contributed by atoms with van der Waals surface area (Å²) in [6.07, 6.45) is 0. The summed E-state index contributed by atoms with van der Waals surface area (Å²) < 4.78 is 26.1. The minimum Gasteiger partial charge on any atom is -0.322 e. The van der Waals surface area contributed by atoms with E-state index in [0.717, 1.165) is 9.18 Å². The highest BCUT2D eigenvalue weighted by Gasteiger charge is 2.18. The molecule has 24 heavy (non-hydrogen) atoms. The van der Waals surface area contributed by atoms with E-state index in [4.69, 9.17) is 11.6 Å². The molecule has 0 aliphatic rings. The first-order valence-corrected chi connectivity index (χ1v) is 9.62. The van der Waals surface area contributed by atoms with Crippen LogP contribution in [0.1, 0.15) is 4.88 Å². The van der Waals surface area contributed by atoms with Gasteiger partial charge in [0.25, 0.3) is 0 Å². The number of carbonyl (C=O) groups is 1. The molecule has 0 saturated carbocycles. The van der Waals surface area contributed by atoms with Gasteiger partial charge < -0.3 is 10.2 Å². The fourth-order valence-electron chi connectivity index (χ4n) is 1.91. The van der Waals surface area contributed by atoms with Crippen LogP contribution in [0.3, 0.4) is 0 Å². The van der Waals surface area contributed by atoms with Crippen LogP contribution in [0.5, 0.6) is 0 Å². The number of sulfonamides is 1. The van der Waals surface area contributed by atoms with E-state index in [2.05, 4.69) is 5.32 Å². The number of benzene rings is 1. The van der Waals surface area contributed by atoms with E-state index in [1.807, 2.05) is 6.07 Å². The van der Waals surface area contributed by atoms with E-state index in [1.165, 1.54) is 42.5 Å². The van der Waals surface area contributed by atoms with E-state index in [9.17, 15) is 13.2 Å². The summed E-state index contributed by atoms with van der Waals surface area (Å²) in [4.78, 5) is 14.8. The number of nitrogens with zero attached hydrogens (tertiary/aromatic N) is 2. The monoisotopic (exact) mass is 387 g/mol. The summed E-state index contributed by atoms with van der Waals surface area (Å²) in [5, 5.41) is 2.70. The summed E-state index contributed by atoms with van der Waals surface area (Å²) >= 11 is 7.29. The number of rotatable bonds is 5. The van der Waals surface area contributed by atoms with Gasteiger partial charge in [-0.1, -0.05) is 17.7 Å². The number of hydrogen-bond donors (Lipinski definition) is 1. The fourth-order valence-corrected chi connectivity index (χ4v) is 4.00. The standard InChI is InChI=1S/C15H18ClN3O3S2/c1-18(2)24(21,22)13-6-4-5-11(9-13)17-15(20)19(3)10-12-7-8-14(16)23-12/h4-9H,10H2,1-3H3,(H,17,20). The first kappa shape index (κ1) is 18.7. The van der Waals surface area contributed by atoms with Crippen molar-refractivity contribution in [3.63, 3.8) is 0 Å². The minimum absolute atomic E-state index is 0.123. The fraction of sp³-hybridized carbons (Fsp3) is 0.267. The lowest BCUT2D eigenvalue weighted by Crippen LogP contribution is -2.30. The van der Waals surface area contributed by atoms with Gasteiger partial charge in [-0.2, -0.15) is 0 Å². The molecule has 2 amide bonds. The molecular formula is C15H18ClN3O3S2. The number of halogens is 1.